The molecule has 0 aromatic carbocycles. The van der Waals surface area contributed by atoms with Crippen LogP contribution in [0.25, 0.3) is 0 Å². The molecule has 0 bridgehead atoms. The largest absolute Gasteiger partial charge is 0.323 e. The molecule has 0 aliphatic heterocycles. The molecular weight excluding hydrogens is 254 g/mol. The molecule has 1 atom stereocenters. The van der Waals surface area contributed by atoms with Crippen molar-refractivity contribution in [2.75, 3.05) is 0 Å². The standard InChI is InChI=1S/C15H21N3S/c1-11-7-9-19-15(11)14(16)10-12-6-8-18(17-12)13-4-2-3-5-13/h6-9,13-14H,2-5,10,16H2,1H3. The van der Waals surface area contributed by atoms with Crippen LogP contribution in [0.15, 0.2) is 23.7 Å². The molecule has 3 rings (SSSR count). The first kappa shape index (κ1) is 12.9. The Morgan fingerprint density at radius 1 is 1.42 bits per heavy atom. The van der Waals surface area contributed by atoms with Crippen molar-refractivity contribution in [1.82, 2.24) is 9.78 Å². The quantitative estimate of drug-likeness (QED) is 0.926. The van der Waals surface area contributed by atoms with Gasteiger partial charge in [-0.2, -0.15) is 5.10 Å². The van der Waals surface area contributed by atoms with Crippen LogP contribution in [0.4, 0.5) is 0 Å². The smallest absolute Gasteiger partial charge is 0.0643 e. The van der Waals surface area contributed by atoms with Gasteiger partial charge in [0.15, 0.2) is 0 Å². The molecule has 1 aliphatic carbocycles. The van der Waals surface area contributed by atoms with Crippen LogP contribution in [-0.2, 0) is 6.42 Å². The molecule has 1 saturated carbocycles. The van der Waals surface area contributed by atoms with Gasteiger partial charge in [-0.15, -0.1) is 11.3 Å². The van der Waals surface area contributed by atoms with Gasteiger partial charge >= 0.3 is 0 Å². The van der Waals surface area contributed by atoms with Gasteiger partial charge in [0.05, 0.1) is 11.7 Å². The number of aromatic nitrogens is 2. The summed E-state index contributed by atoms with van der Waals surface area (Å²) in [5, 5.41) is 6.83. The second-order valence-electron chi connectivity index (χ2n) is 5.50. The lowest BCUT2D eigenvalue weighted by Gasteiger charge is -2.11. The van der Waals surface area contributed by atoms with Crippen LogP contribution >= 0.6 is 11.3 Å². The SMILES string of the molecule is Cc1ccsc1C(N)Cc1ccn(C2CCCC2)n1. The molecule has 2 heterocycles. The van der Waals surface area contributed by atoms with Crippen LogP contribution in [0, 0.1) is 6.92 Å². The van der Waals surface area contributed by atoms with E-state index in [1.165, 1.54) is 36.1 Å². The second kappa shape index (κ2) is 5.47. The Labute approximate surface area is 118 Å². The Morgan fingerprint density at radius 2 is 2.21 bits per heavy atom. The summed E-state index contributed by atoms with van der Waals surface area (Å²) in [6.45, 7) is 2.13. The molecule has 0 radical (unpaired) electrons. The summed E-state index contributed by atoms with van der Waals surface area (Å²) in [5.74, 6) is 0. The molecule has 0 amide bonds. The van der Waals surface area contributed by atoms with Gasteiger partial charge in [0.2, 0.25) is 0 Å². The highest BCUT2D eigenvalue weighted by Gasteiger charge is 2.18. The Morgan fingerprint density at radius 3 is 2.89 bits per heavy atom. The van der Waals surface area contributed by atoms with E-state index in [1.807, 2.05) is 0 Å². The van der Waals surface area contributed by atoms with Gasteiger partial charge in [-0.1, -0.05) is 12.8 Å². The van der Waals surface area contributed by atoms with E-state index in [4.69, 9.17) is 10.8 Å². The van der Waals surface area contributed by atoms with E-state index >= 15 is 0 Å². The summed E-state index contributed by atoms with van der Waals surface area (Å²) in [4.78, 5) is 1.29. The fourth-order valence-electron chi connectivity index (χ4n) is 2.94. The first-order chi connectivity index (χ1) is 9.24. The average molecular weight is 275 g/mol. The zero-order valence-electron chi connectivity index (χ0n) is 11.4. The highest BCUT2D eigenvalue weighted by Crippen LogP contribution is 2.29. The minimum atomic E-state index is 0.0759. The minimum absolute atomic E-state index is 0.0759. The molecular formula is C15H21N3S. The van der Waals surface area contributed by atoms with Crippen LogP contribution in [-0.4, -0.2) is 9.78 Å². The van der Waals surface area contributed by atoms with Crippen LogP contribution in [0.1, 0.15) is 53.9 Å². The first-order valence-corrected chi connectivity index (χ1v) is 7.95. The molecule has 1 fully saturated rings. The first-order valence-electron chi connectivity index (χ1n) is 7.07. The van der Waals surface area contributed by atoms with E-state index < -0.39 is 0 Å². The van der Waals surface area contributed by atoms with Gasteiger partial charge in [-0.3, -0.25) is 4.68 Å². The van der Waals surface area contributed by atoms with Crippen LogP contribution < -0.4 is 5.73 Å². The van der Waals surface area contributed by atoms with Crippen molar-refractivity contribution in [3.8, 4) is 0 Å². The summed E-state index contributed by atoms with van der Waals surface area (Å²) >= 11 is 1.75. The number of hydrogen-bond donors (Lipinski definition) is 1. The molecule has 1 aliphatic rings. The second-order valence-corrected chi connectivity index (χ2v) is 6.45. The molecule has 1 unspecified atom stereocenters. The summed E-state index contributed by atoms with van der Waals surface area (Å²) in [6, 6.07) is 4.96. The van der Waals surface area contributed by atoms with E-state index in [1.54, 1.807) is 11.3 Å². The maximum absolute atomic E-state index is 6.30. The van der Waals surface area contributed by atoms with Crippen molar-refractivity contribution >= 4 is 11.3 Å². The average Bonchev–Trinajstić information content (AvgIpc) is 3.07. The van der Waals surface area contributed by atoms with Gasteiger partial charge in [0.25, 0.3) is 0 Å². The Bertz CT molecular complexity index is 537. The van der Waals surface area contributed by atoms with Crippen molar-refractivity contribution in [3.63, 3.8) is 0 Å². The van der Waals surface area contributed by atoms with Gasteiger partial charge in [-0.05, 0) is 42.8 Å². The third-order valence-electron chi connectivity index (χ3n) is 4.03. The lowest BCUT2D eigenvalue weighted by atomic mass is 10.1. The van der Waals surface area contributed by atoms with E-state index in [9.17, 15) is 0 Å². The Hall–Kier alpha value is -1.13. The molecule has 4 heteroatoms. The number of aryl methyl sites for hydroxylation is 1. The zero-order chi connectivity index (χ0) is 13.2. The number of nitrogens with two attached hydrogens (primary N) is 1. The molecule has 0 saturated heterocycles. The van der Waals surface area contributed by atoms with E-state index in [-0.39, 0.29) is 6.04 Å². The third kappa shape index (κ3) is 2.74. The monoisotopic (exact) mass is 275 g/mol. The lowest BCUT2D eigenvalue weighted by molar-refractivity contribution is 0.461. The van der Waals surface area contributed by atoms with Gasteiger partial charge in [0.1, 0.15) is 0 Å². The number of rotatable bonds is 4. The van der Waals surface area contributed by atoms with Crippen LogP contribution in [0.2, 0.25) is 0 Å². The lowest BCUT2D eigenvalue weighted by Crippen LogP contribution is -2.14. The van der Waals surface area contributed by atoms with Crippen molar-refractivity contribution < 1.29 is 0 Å². The highest BCUT2D eigenvalue weighted by molar-refractivity contribution is 7.10. The third-order valence-corrected chi connectivity index (χ3v) is 5.18. The van der Waals surface area contributed by atoms with Gasteiger partial charge < -0.3 is 5.73 Å². The molecule has 2 aromatic rings. The molecule has 3 nitrogen and oxygen atoms in total. The predicted molar refractivity (Wildman–Crippen MR) is 79.4 cm³/mol. The van der Waals surface area contributed by atoms with Crippen molar-refractivity contribution in [3.05, 3.63) is 39.8 Å². The topological polar surface area (TPSA) is 43.8 Å². The van der Waals surface area contributed by atoms with Crippen molar-refractivity contribution in [2.45, 2.75) is 51.1 Å². The fraction of sp³-hybridized carbons (Fsp3) is 0.533. The maximum atomic E-state index is 6.30. The predicted octanol–water partition coefficient (Wildman–Crippen LogP) is 3.61. The van der Waals surface area contributed by atoms with E-state index in [2.05, 4.69) is 35.3 Å². The molecule has 102 valence electrons. The number of hydrogen-bond acceptors (Lipinski definition) is 3. The van der Waals surface area contributed by atoms with Crippen molar-refractivity contribution in [1.29, 1.82) is 0 Å². The van der Waals surface area contributed by atoms with E-state index in [0.29, 0.717) is 6.04 Å². The van der Waals surface area contributed by atoms with E-state index in [0.717, 1.165) is 12.1 Å². The van der Waals surface area contributed by atoms with Crippen LogP contribution in [0.5, 0.6) is 0 Å². The molecule has 2 N–H and O–H groups in total. The highest BCUT2D eigenvalue weighted by atomic mass is 32.1. The fourth-order valence-corrected chi connectivity index (χ4v) is 3.87. The Kier molecular flexibility index (Phi) is 3.71. The van der Waals surface area contributed by atoms with Gasteiger partial charge in [-0.25, -0.2) is 0 Å². The zero-order valence-corrected chi connectivity index (χ0v) is 12.2. The minimum Gasteiger partial charge on any atom is -0.323 e. The van der Waals surface area contributed by atoms with Crippen molar-refractivity contribution in [2.24, 2.45) is 5.73 Å². The number of thiophene rings is 1. The summed E-state index contributed by atoms with van der Waals surface area (Å²) in [7, 11) is 0. The summed E-state index contributed by atoms with van der Waals surface area (Å²) in [5.41, 5.74) is 8.71. The Balaban J connectivity index is 1.68. The molecule has 0 spiro atoms. The normalized spacial score (nSPS) is 18.0. The number of nitrogens with zero attached hydrogens (tertiary/aromatic N) is 2. The molecule has 19 heavy (non-hydrogen) atoms. The summed E-state index contributed by atoms with van der Waals surface area (Å²) < 4.78 is 2.15. The summed E-state index contributed by atoms with van der Waals surface area (Å²) in [6.07, 6.45) is 8.19. The van der Waals surface area contributed by atoms with Crippen LogP contribution in [0.3, 0.4) is 0 Å². The maximum Gasteiger partial charge on any atom is 0.0643 e. The van der Waals surface area contributed by atoms with Gasteiger partial charge in [0, 0.05) is 23.5 Å². The molecule has 2 aromatic heterocycles.